The molecular weight excluding hydrogens is 504 g/mol. The number of benzene rings is 2. The van der Waals surface area contributed by atoms with Crippen molar-refractivity contribution in [2.75, 3.05) is 12.9 Å². The van der Waals surface area contributed by atoms with Crippen LogP contribution in [0.5, 0.6) is 11.5 Å². The molecule has 1 amide bonds. The predicted octanol–water partition coefficient (Wildman–Crippen LogP) is 5.30. The number of sulfone groups is 1. The smallest absolute Gasteiger partial charge is 0.425 e. The Hall–Kier alpha value is -2.96. The molecular formula is C22H21F6NO5S. The minimum atomic E-state index is -4.89. The highest BCUT2D eigenvalue weighted by Crippen LogP contribution is 2.51. The molecule has 0 aliphatic carbocycles. The summed E-state index contributed by atoms with van der Waals surface area (Å²) in [7, 11) is -4.02. The van der Waals surface area contributed by atoms with Crippen molar-refractivity contribution < 1.29 is 49.0 Å². The fourth-order valence-corrected chi connectivity index (χ4v) is 4.16. The Morgan fingerprint density at radius 1 is 1.17 bits per heavy atom. The number of halogens is 6. The van der Waals surface area contributed by atoms with Crippen LogP contribution in [0.1, 0.15) is 47.2 Å². The van der Waals surface area contributed by atoms with E-state index in [0.717, 1.165) is 30.5 Å². The summed E-state index contributed by atoms with van der Waals surface area (Å²) >= 11 is 0. The van der Waals surface area contributed by atoms with Crippen molar-refractivity contribution in [1.82, 2.24) is 4.90 Å². The number of hydrogen-bond donors (Lipinski definition) is 0. The van der Waals surface area contributed by atoms with Gasteiger partial charge in [-0.2, -0.15) is 22.0 Å². The van der Waals surface area contributed by atoms with Gasteiger partial charge in [-0.1, -0.05) is 0 Å². The Morgan fingerprint density at radius 3 is 2.34 bits per heavy atom. The van der Waals surface area contributed by atoms with E-state index in [9.17, 15) is 26.4 Å². The molecule has 2 aromatic carbocycles. The van der Waals surface area contributed by atoms with E-state index in [1.54, 1.807) is 6.92 Å². The van der Waals surface area contributed by atoms with Gasteiger partial charge in [0.25, 0.3) is 5.91 Å². The Balaban J connectivity index is 2.14. The van der Waals surface area contributed by atoms with Crippen LogP contribution < -0.4 is 9.47 Å². The minimum absolute atomic E-state index is 0.112. The molecule has 2 atom stereocenters. The van der Waals surface area contributed by atoms with Gasteiger partial charge in [0.05, 0.1) is 22.6 Å². The first-order valence-electron chi connectivity index (χ1n) is 10.2. The van der Waals surface area contributed by atoms with Gasteiger partial charge in [0, 0.05) is 11.8 Å². The molecule has 0 spiro atoms. The number of alkyl halides is 6. The molecule has 3 rings (SSSR count). The van der Waals surface area contributed by atoms with E-state index in [0.29, 0.717) is 13.0 Å². The number of aryl methyl sites for hydroxylation is 1. The maximum atomic E-state index is 15.3. The third-order valence-electron chi connectivity index (χ3n) is 5.35. The van der Waals surface area contributed by atoms with E-state index < -0.39 is 72.6 Å². The van der Waals surface area contributed by atoms with Crippen LogP contribution in [0.4, 0.5) is 26.3 Å². The molecule has 0 saturated heterocycles. The molecule has 0 saturated carbocycles. The zero-order valence-electron chi connectivity index (χ0n) is 18.9. The van der Waals surface area contributed by atoms with Crippen LogP contribution in [0.25, 0.3) is 0 Å². The zero-order valence-corrected chi connectivity index (χ0v) is 19.7. The molecule has 0 fully saturated rings. The minimum Gasteiger partial charge on any atom is -0.494 e. The molecule has 0 aromatic heterocycles. The molecule has 1 aliphatic heterocycles. The van der Waals surface area contributed by atoms with Gasteiger partial charge in [-0.05, 0) is 56.7 Å². The highest BCUT2D eigenvalue weighted by atomic mass is 32.2. The van der Waals surface area contributed by atoms with Gasteiger partial charge in [0.15, 0.2) is 15.9 Å². The Morgan fingerprint density at radius 2 is 1.80 bits per heavy atom. The van der Waals surface area contributed by atoms with Gasteiger partial charge in [-0.25, -0.2) is 17.7 Å². The summed E-state index contributed by atoms with van der Waals surface area (Å²) in [5.41, 5.74) is -2.12. The lowest BCUT2D eigenvalue weighted by Gasteiger charge is -2.27. The molecule has 0 bridgehead atoms. The van der Waals surface area contributed by atoms with Crippen LogP contribution in [-0.4, -0.2) is 44.4 Å². The summed E-state index contributed by atoms with van der Waals surface area (Å²) < 4.78 is 119. The second kappa shape index (κ2) is 8.92. The molecule has 1 unspecified atom stereocenters. The second-order valence-corrected chi connectivity index (χ2v) is 9.94. The van der Waals surface area contributed by atoms with Crippen LogP contribution in [0.3, 0.4) is 0 Å². The Labute approximate surface area is 197 Å². The summed E-state index contributed by atoms with van der Waals surface area (Å²) in [4.78, 5) is 12.2. The molecule has 6 nitrogen and oxygen atoms in total. The number of carbonyl (C=O) groups is 1. The molecule has 35 heavy (non-hydrogen) atoms. The van der Waals surface area contributed by atoms with Crippen LogP contribution in [0.2, 0.25) is 0 Å². The van der Waals surface area contributed by atoms with Gasteiger partial charge in [0.2, 0.25) is 6.30 Å². The molecule has 13 heteroatoms. The molecule has 1 aliphatic rings. The van der Waals surface area contributed by atoms with Crippen molar-refractivity contribution in [3.63, 3.8) is 0 Å². The third-order valence-corrected chi connectivity index (χ3v) is 6.46. The van der Waals surface area contributed by atoms with E-state index >= 15 is 13.2 Å². The predicted molar refractivity (Wildman–Crippen MR) is 112 cm³/mol. The lowest BCUT2D eigenvalue weighted by atomic mass is 10.0. The lowest BCUT2D eigenvalue weighted by Crippen LogP contribution is -2.40. The number of nitrogens with zero attached hydrogens (tertiary/aromatic N) is 1. The van der Waals surface area contributed by atoms with Gasteiger partial charge < -0.3 is 9.47 Å². The summed E-state index contributed by atoms with van der Waals surface area (Å²) in [6.07, 6.45) is -9.33. The second-order valence-electron chi connectivity index (χ2n) is 7.92. The monoisotopic (exact) mass is 525 g/mol. The number of hydrogen-bond acceptors (Lipinski definition) is 5. The summed E-state index contributed by atoms with van der Waals surface area (Å²) in [5, 5.41) is 0. The topological polar surface area (TPSA) is 72.9 Å². The fourth-order valence-electron chi connectivity index (χ4n) is 3.51. The third kappa shape index (κ3) is 4.91. The normalized spacial score (nSPS) is 18.2. The first kappa shape index (κ1) is 26.6. The van der Waals surface area contributed by atoms with Crippen molar-refractivity contribution in [3.05, 3.63) is 52.6 Å². The number of carbonyl (C=O) groups excluding carboxylic acids is 1. The Kier molecular flexibility index (Phi) is 6.79. The van der Waals surface area contributed by atoms with E-state index in [2.05, 4.69) is 0 Å². The highest BCUT2D eigenvalue weighted by Gasteiger charge is 2.56. The molecule has 0 N–H and O–H groups in total. The van der Waals surface area contributed by atoms with Gasteiger partial charge in [-0.15, -0.1) is 0 Å². The molecule has 192 valence electrons. The van der Waals surface area contributed by atoms with Crippen molar-refractivity contribution in [2.24, 2.45) is 0 Å². The zero-order chi connectivity index (χ0) is 26.5. The first-order valence-corrected chi connectivity index (χ1v) is 12.1. The number of ether oxygens (including phenoxy) is 2. The maximum absolute atomic E-state index is 15.3. The summed E-state index contributed by atoms with van der Waals surface area (Å²) in [6.45, 7) is 3.84. The maximum Gasteiger partial charge on any atom is 0.425 e. The van der Waals surface area contributed by atoms with Crippen LogP contribution in [0, 0.1) is 6.92 Å². The molecule has 1 heterocycles. The standard InChI is InChI=1S/C22H21F6NO5S/c1-5-33-18-10-14-16(8-11(18)2)22(27,28)29(19(14)23)20(30)15-9-13(35(4,31)32)6-7-17(15)34-12(3)21(24,25)26/h6-10,12,19H,5H2,1-4H3/t12-,19?/m0/s1. The first-order chi connectivity index (χ1) is 16.0. The highest BCUT2D eigenvalue weighted by molar-refractivity contribution is 7.90. The largest absolute Gasteiger partial charge is 0.494 e. The van der Waals surface area contributed by atoms with Crippen molar-refractivity contribution in [2.45, 2.75) is 50.3 Å². The van der Waals surface area contributed by atoms with E-state index in [-0.39, 0.29) is 17.9 Å². The van der Waals surface area contributed by atoms with Gasteiger partial charge >= 0.3 is 12.2 Å². The number of fused-ring (bicyclic) bond motifs is 1. The lowest BCUT2D eigenvalue weighted by molar-refractivity contribution is -0.189. The number of rotatable bonds is 6. The van der Waals surface area contributed by atoms with Crippen LogP contribution in [-0.2, 0) is 15.9 Å². The summed E-state index contributed by atoms with van der Waals surface area (Å²) in [6, 6.07) is -0.0652. The molecule has 0 radical (unpaired) electrons. The SMILES string of the molecule is CCOc1cc2c(cc1C)C(F)(F)N(C(=O)c1cc(S(C)(=O)=O)ccc1O[C@@H](C)C(F)(F)F)C2F. The van der Waals surface area contributed by atoms with Crippen LogP contribution >= 0.6 is 0 Å². The van der Waals surface area contributed by atoms with Gasteiger partial charge in [-0.3, -0.25) is 4.79 Å². The van der Waals surface area contributed by atoms with Crippen LogP contribution in [0.15, 0.2) is 35.2 Å². The molecule has 2 aromatic rings. The summed E-state index contributed by atoms with van der Waals surface area (Å²) in [5.74, 6) is -2.48. The Bertz CT molecular complexity index is 1260. The van der Waals surface area contributed by atoms with Gasteiger partial charge in [0.1, 0.15) is 11.5 Å². The average molecular weight is 525 g/mol. The fraction of sp³-hybridized carbons (Fsp3) is 0.409. The van der Waals surface area contributed by atoms with E-state index in [1.165, 1.54) is 6.92 Å². The van der Waals surface area contributed by atoms with E-state index in [1.807, 2.05) is 0 Å². The van der Waals surface area contributed by atoms with Crippen molar-refractivity contribution in [1.29, 1.82) is 0 Å². The average Bonchev–Trinajstić information content (AvgIpc) is 2.91. The van der Waals surface area contributed by atoms with E-state index in [4.69, 9.17) is 9.47 Å². The van der Waals surface area contributed by atoms with Crippen molar-refractivity contribution in [3.8, 4) is 11.5 Å². The quantitative estimate of drug-likeness (QED) is 0.378. The number of amides is 1. The van der Waals surface area contributed by atoms with Crippen molar-refractivity contribution >= 4 is 15.7 Å².